The Balaban J connectivity index is 1.70. The van der Waals surface area contributed by atoms with Crippen LogP contribution in [0.1, 0.15) is 82.3 Å². The topological polar surface area (TPSA) is 18.5 Å². The Morgan fingerprint density at radius 2 is 1.55 bits per heavy atom. The molecule has 1 aliphatic carbocycles. The number of ether oxygens (including phenoxy) is 2. The van der Waals surface area contributed by atoms with Crippen molar-refractivity contribution in [3.8, 4) is 0 Å². The maximum Gasteiger partial charge on any atom is 0.175 e. The molecule has 2 aromatic carbocycles. The Kier molecular flexibility index (Phi) is 6.41. The van der Waals surface area contributed by atoms with Gasteiger partial charge in [0.15, 0.2) is 5.79 Å². The third kappa shape index (κ3) is 3.90. The second-order valence-electron chi connectivity index (χ2n) is 9.04. The fourth-order valence-electron chi connectivity index (χ4n) is 5.91. The van der Waals surface area contributed by atoms with E-state index < -0.39 is 5.79 Å². The molecule has 0 radical (unpaired) electrons. The van der Waals surface area contributed by atoms with E-state index in [1.165, 1.54) is 43.2 Å². The molecule has 0 amide bonds. The van der Waals surface area contributed by atoms with Crippen LogP contribution in [0.5, 0.6) is 0 Å². The fourth-order valence-corrected chi connectivity index (χ4v) is 5.91. The minimum Gasteiger partial charge on any atom is -0.349 e. The highest BCUT2D eigenvalue weighted by molar-refractivity contribution is 5.37. The summed E-state index contributed by atoms with van der Waals surface area (Å²) in [6.45, 7) is 5.31. The number of hydrogen-bond acceptors (Lipinski definition) is 2. The molecule has 29 heavy (non-hydrogen) atoms. The van der Waals surface area contributed by atoms with Crippen molar-refractivity contribution in [1.29, 1.82) is 0 Å². The number of unbranched alkanes of at least 4 members (excludes halogenated alkanes) is 2. The Morgan fingerprint density at radius 3 is 2.17 bits per heavy atom. The molecule has 2 aliphatic rings. The molecule has 1 aliphatic heterocycles. The SMILES string of the molecule is CCCCC[C@@H](C)O[C@@]12CCC[C@]1(C(c1ccccc1)c1ccccc1)CCO2. The Labute approximate surface area is 176 Å². The highest BCUT2D eigenvalue weighted by Gasteiger charge is 2.64. The van der Waals surface area contributed by atoms with E-state index in [9.17, 15) is 0 Å². The van der Waals surface area contributed by atoms with Gasteiger partial charge in [0, 0.05) is 17.8 Å². The van der Waals surface area contributed by atoms with E-state index in [1.54, 1.807) is 0 Å². The summed E-state index contributed by atoms with van der Waals surface area (Å²) >= 11 is 0. The van der Waals surface area contributed by atoms with Gasteiger partial charge in [-0.15, -0.1) is 0 Å². The third-order valence-corrected chi connectivity index (χ3v) is 7.19. The lowest BCUT2D eigenvalue weighted by molar-refractivity contribution is -0.269. The van der Waals surface area contributed by atoms with E-state index in [0.717, 1.165) is 25.9 Å². The summed E-state index contributed by atoms with van der Waals surface area (Å²) < 4.78 is 13.4. The van der Waals surface area contributed by atoms with Gasteiger partial charge in [-0.1, -0.05) is 86.8 Å². The molecule has 0 N–H and O–H groups in total. The molecule has 2 heteroatoms. The lowest BCUT2D eigenvalue weighted by Crippen LogP contribution is -2.48. The van der Waals surface area contributed by atoms with E-state index in [-0.39, 0.29) is 11.5 Å². The van der Waals surface area contributed by atoms with Crippen LogP contribution in [0.25, 0.3) is 0 Å². The van der Waals surface area contributed by atoms with Crippen LogP contribution in [-0.4, -0.2) is 18.5 Å². The minimum atomic E-state index is -0.449. The van der Waals surface area contributed by atoms with E-state index >= 15 is 0 Å². The summed E-state index contributed by atoms with van der Waals surface area (Å²) in [5, 5.41) is 0. The van der Waals surface area contributed by atoms with Crippen LogP contribution in [0.3, 0.4) is 0 Å². The van der Waals surface area contributed by atoms with Crippen molar-refractivity contribution in [1.82, 2.24) is 0 Å². The number of fused-ring (bicyclic) bond motifs is 1. The van der Waals surface area contributed by atoms with Gasteiger partial charge in [0.1, 0.15) is 0 Å². The van der Waals surface area contributed by atoms with Gasteiger partial charge in [0.05, 0.1) is 12.7 Å². The predicted octanol–water partition coefficient (Wildman–Crippen LogP) is 7.09. The third-order valence-electron chi connectivity index (χ3n) is 7.19. The van der Waals surface area contributed by atoms with Crippen molar-refractivity contribution in [2.75, 3.05) is 6.61 Å². The average molecular weight is 393 g/mol. The Morgan fingerprint density at radius 1 is 0.897 bits per heavy atom. The summed E-state index contributed by atoms with van der Waals surface area (Å²) in [5.74, 6) is -0.146. The van der Waals surface area contributed by atoms with Crippen LogP contribution in [0.4, 0.5) is 0 Å². The normalized spacial score (nSPS) is 27.3. The lowest BCUT2D eigenvalue weighted by Gasteiger charge is -2.46. The molecule has 0 aromatic heterocycles. The first kappa shape index (κ1) is 20.6. The maximum atomic E-state index is 6.87. The number of rotatable bonds is 9. The standard InChI is InChI=1S/C27H36O2/c1-3-4-7-13-22(2)29-27-19-12-18-26(27,20-21-28-27)25(23-14-8-5-9-15-23)24-16-10-6-11-17-24/h5-6,8-11,14-17,22,25H,3-4,7,12-13,18-21H2,1-2H3/t22-,26-,27+/m1/s1. The molecule has 4 rings (SSSR count). The van der Waals surface area contributed by atoms with E-state index in [2.05, 4.69) is 74.5 Å². The zero-order valence-electron chi connectivity index (χ0n) is 18.1. The molecule has 0 unspecified atom stereocenters. The van der Waals surface area contributed by atoms with Gasteiger partial charge in [-0.2, -0.15) is 0 Å². The molecule has 2 fully saturated rings. The number of benzene rings is 2. The summed E-state index contributed by atoms with van der Waals surface area (Å²) in [7, 11) is 0. The van der Waals surface area contributed by atoms with Gasteiger partial charge in [0.25, 0.3) is 0 Å². The van der Waals surface area contributed by atoms with Gasteiger partial charge >= 0.3 is 0 Å². The van der Waals surface area contributed by atoms with Crippen LogP contribution < -0.4 is 0 Å². The van der Waals surface area contributed by atoms with Crippen molar-refractivity contribution >= 4 is 0 Å². The second-order valence-corrected chi connectivity index (χ2v) is 9.04. The van der Waals surface area contributed by atoms with Gasteiger partial charge in [-0.25, -0.2) is 0 Å². The van der Waals surface area contributed by atoms with Crippen LogP contribution in [0, 0.1) is 5.41 Å². The highest BCUT2D eigenvalue weighted by Crippen LogP contribution is 2.64. The molecule has 0 spiro atoms. The van der Waals surface area contributed by atoms with Gasteiger partial charge in [-0.3, -0.25) is 0 Å². The van der Waals surface area contributed by atoms with E-state index in [4.69, 9.17) is 9.47 Å². The van der Waals surface area contributed by atoms with Crippen LogP contribution >= 0.6 is 0 Å². The molecule has 2 nitrogen and oxygen atoms in total. The van der Waals surface area contributed by atoms with Gasteiger partial charge in [-0.05, 0) is 43.7 Å². The predicted molar refractivity (Wildman–Crippen MR) is 119 cm³/mol. The molecule has 1 heterocycles. The van der Waals surface area contributed by atoms with E-state index in [1.807, 2.05) is 0 Å². The second kappa shape index (κ2) is 9.02. The summed E-state index contributed by atoms with van der Waals surface area (Å²) in [5.41, 5.74) is 2.78. The van der Waals surface area contributed by atoms with Crippen LogP contribution in [0.15, 0.2) is 60.7 Å². The monoisotopic (exact) mass is 392 g/mol. The highest BCUT2D eigenvalue weighted by atomic mass is 16.7. The lowest BCUT2D eigenvalue weighted by atomic mass is 9.64. The first-order valence-corrected chi connectivity index (χ1v) is 11.6. The zero-order valence-corrected chi connectivity index (χ0v) is 18.1. The molecule has 0 bridgehead atoms. The van der Waals surface area contributed by atoms with Gasteiger partial charge < -0.3 is 9.47 Å². The Bertz CT molecular complexity index is 705. The summed E-state index contributed by atoms with van der Waals surface area (Å²) in [6, 6.07) is 22.1. The molecule has 1 saturated carbocycles. The minimum absolute atomic E-state index is 0.00865. The van der Waals surface area contributed by atoms with Crippen molar-refractivity contribution in [2.24, 2.45) is 5.41 Å². The molecule has 1 saturated heterocycles. The van der Waals surface area contributed by atoms with Crippen LogP contribution in [-0.2, 0) is 9.47 Å². The van der Waals surface area contributed by atoms with E-state index in [0.29, 0.717) is 5.92 Å². The van der Waals surface area contributed by atoms with Crippen molar-refractivity contribution in [3.63, 3.8) is 0 Å². The molecular weight excluding hydrogens is 356 g/mol. The largest absolute Gasteiger partial charge is 0.349 e. The number of hydrogen-bond donors (Lipinski definition) is 0. The van der Waals surface area contributed by atoms with Crippen LogP contribution in [0.2, 0.25) is 0 Å². The van der Waals surface area contributed by atoms with Crippen molar-refractivity contribution in [3.05, 3.63) is 71.8 Å². The first-order chi connectivity index (χ1) is 14.2. The molecule has 2 aromatic rings. The summed E-state index contributed by atoms with van der Waals surface area (Å²) in [6.07, 6.45) is 9.57. The average Bonchev–Trinajstić information content (AvgIpc) is 3.25. The smallest absolute Gasteiger partial charge is 0.175 e. The molecule has 3 atom stereocenters. The first-order valence-electron chi connectivity index (χ1n) is 11.6. The van der Waals surface area contributed by atoms with Crippen molar-refractivity contribution < 1.29 is 9.47 Å². The zero-order chi connectivity index (χ0) is 20.2. The quantitative estimate of drug-likeness (QED) is 0.424. The van der Waals surface area contributed by atoms with Gasteiger partial charge in [0.2, 0.25) is 0 Å². The maximum absolute atomic E-state index is 6.87. The molecule has 156 valence electrons. The Hall–Kier alpha value is -1.64. The fraction of sp³-hybridized carbons (Fsp3) is 0.556. The molecular formula is C27H36O2. The summed E-state index contributed by atoms with van der Waals surface area (Å²) in [4.78, 5) is 0. The van der Waals surface area contributed by atoms with Crippen molar-refractivity contribution in [2.45, 2.75) is 83.0 Å².